The van der Waals surface area contributed by atoms with E-state index in [-0.39, 0.29) is 12.0 Å². The number of hydrogen-bond donors (Lipinski definition) is 1. The molecule has 1 aliphatic rings. The third-order valence-electron chi connectivity index (χ3n) is 3.50. The van der Waals surface area contributed by atoms with Gasteiger partial charge in [-0.15, -0.1) is 0 Å². The van der Waals surface area contributed by atoms with Crippen LogP contribution in [0.25, 0.3) is 0 Å². The van der Waals surface area contributed by atoms with Crippen molar-refractivity contribution in [3.05, 3.63) is 35.4 Å². The van der Waals surface area contributed by atoms with Crippen molar-refractivity contribution in [3.8, 4) is 0 Å². The number of amides is 1. The molecule has 0 aromatic heterocycles. The number of hydrogen-bond acceptors (Lipinski definition) is 2. The summed E-state index contributed by atoms with van der Waals surface area (Å²) < 4.78 is 5.35. The zero-order chi connectivity index (χ0) is 13.5. The molecule has 0 saturated carbocycles. The molecule has 1 aromatic rings. The number of nitrogens with one attached hydrogen (secondary N) is 1. The summed E-state index contributed by atoms with van der Waals surface area (Å²) in [4.78, 5) is 11.7. The Bertz CT molecular complexity index is 394. The van der Waals surface area contributed by atoms with E-state index in [0.29, 0.717) is 6.54 Å². The van der Waals surface area contributed by atoms with Crippen LogP contribution < -0.4 is 5.32 Å². The van der Waals surface area contributed by atoms with Gasteiger partial charge in [0.15, 0.2) is 0 Å². The van der Waals surface area contributed by atoms with Crippen molar-refractivity contribution < 1.29 is 9.53 Å². The van der Waals surface area contributed by atoms with Crippen LogP contribution in [0.1, 0.15) is 37.3 Å². The predicted molar refractivity (Wildman–Crippen MR) is 76.1 cm³/mol. The van der Waals surface area contributed by atoms with E-state index in [2.05, 4.69) is 36.5 Å². The Morgan fingerprint density at radius 3 is 2.53 bits per heavy atom. The molecule has 1 aliphatic heterocycles. The monoisotopic (exact) mass is 261 g/mol. The molecule has 1 N–H and O–H groups in total. The number of rotatable bonds is 6. The average molecular weight is 261 g/mol. The van der Waals surface area contributed by atoms with Crippen molar-refractivity contribution >= 4 is 5.91 Å². The Morgan fingerprint density at radius 1 is 1.26 bits per heavy atom. The molecular weight excluding hydrogens is 238 g/mol. The molecule has 1 atom stereocenters. The summed E-state index contributed by atoms with van der Waals surface area (Å²) in [6, 6.07) is 8.67. The molecular formula is C16H23NO2. The number of ether oxygens (including phenoxy) is 1. The van der Waals surface area contributed by atoms with Crippen LogP contribution >= 0.6 is 0 Å². The van der Waals surface area contributed by atoms with Gasteiger partial charge in [-0.2, -0.15) is 0 Å². The highest BCUT2D eigenvalue weighted by Gasteiger charge is 2.22. The van der Waals surface area contributed by atoms with Crippen molar-refractivity contribution in [1.82, 2.24) is 5.32 Å². The van der Waals surface area contributed by atoms with Crippen LogP contribution in [0.4, 0.5) is 0 Å². The fourth-order valence-corrected chi connectivity index (χ4v) is 2.39. The molecule has 0 aliphatic carbocycles. The fourth-order valence-electron chi connectivity index (χ4n) is 2.39. The van der Waals surface area contributed by atoms with Gasteiger partial charge in [-0.3, -0.25) is 4.79 Å². The highest BCUT2D eigenvalue weighted by atomic mass is 16.5. The maximum atomic E-state index is 11.7. The highest BCUT2D eigenvalue weighted by molar-refractivity contribution is 5.80. The van der Waals surface area contributed by atoms with E-state index in [0.717, 1.165) is 32.3 Å². The molecule has 3 heteroatoms. The normalized spacial score (nSPS) is 18.5. The van der Waals surface area contributed by atoms with Crippen LogP contribution in [0, 0.1) is 0 Å². The molecule has 1 saturated heterocycles. The summed E-state index contributed by atoms with van der Waals surface area (Å²) >= 11 is 0. The zero-order valence-electron chi connectivity index (χ0n) is 11.7. The number of carbonyl (C=O) groups is 1. The standard InChI is InChI=1S/C16H23NO2/c1-2-4-13-6-8-14(9-7-13)10-11-17-16(18)15-5-3-12-19-15/h6-9,15H,2-5,10-12H2,1H3,(H,17,18). The molecule has 1 aromatic carbocycles. The summed E-state index contributed by atoms with van der Waals surface area (Å²) in [5, 5.41) is 2.95. The first-order valence-electron chi connectivity index (χ1n) is 7.26. The fraction of sp³-hybridized carbons (Fsp3) is 0.562. The Balaban J connectivity index is 1.71. The molecule has 104 valence electrons. The van der Waals surface area contributed by atoms with Gasteiger partial charge in [0.1, 0.15) is 6.10 Å². The predicted octanol–water partition coefficient (Wildman–Crippen LogP) is 2.48. The zero-order valence-corrected chi connectivity index (χ0v) is 11.7. The van der Waals surface area contributed by atoms with Gasteiger partial charge >= 0.3 is 0 Å². The summed E-state index contributed by atoms with van der Waals surface area (Å²) in [6.07, 6.45) is 4.83. The Morgan fingerprint density at radius 2 is 1.95 bits per heavy atom. The minimum atomic E-state index is -0.216. The van der Waals surface area contributed by atoms with E-state index in [9.17, 15) is 4.79 Å². The van der Waals surface area contributed by atoms with Gasteiger partial charge in [-0.25, -0.2) is 0 Å². The maximum Gasteiger partial charge on any atom is 0.249 e. The summed E-state index contributed by atoms with van der Waals surface area (Å²) in [5.41, 5.74) is 2.65. The lowest BCUT2D eigenvalue weighted by Crippen LogP contribution is -2.35. The number of carbonyl (C=O) groups excluding carboxylic acids is 1. The smallest absolute Gasteiger partial charge is 0.249 e. The van der Waals surface area contributed by atoms with Crippen molar-refractivity contribution in [3.63, 3.8) is 0 Å². The van der Waals surface area contributed by atoms with Crippen molar-refractivity contribution in [2.45, 2.75) is 45.1 Å². The van der Waals surface area contributed by atoms with Gasteiger partial charge in [0.2, 0.25) is 5.91 Å². The largest absolute Gasteiger partial charge is 0.368 e. The second-order valence-corrected chi connectivity index (χ2v) is 5.11. The van der Waals surface area contributed by atoms with Crippen LogP contribution in [0.3, 0.4) is 0 Å². The second kappa shape index (κ2) is 7.29. The van der Waals surface area contributed by atoms with E-state index in [1.165, 1.54) is 17.5 Å². The third-order valence-corrected chi connectivity index (χ3v) is 3.50. The Labute approximate surface area is 115 Å². The quantitative estimate of drug-likeness (QED) is 0.854. The topological polar surface area (TPSA) is 38.3 Å². The van der Waals surface area contributed by atoms with Crippen molar-refractivity contribution in [1.29, 1.82) is 0 Å². The van der Waals surface area contributed by atoms with Crippen LogP contribution in [-0.4, -0.2) is 25.2 Å². The van der Waals surface area contributed by atoms with Gasteiger partial charge in [-0.1, -0.05) is 37.6 Å². The van der Waals surface area contributed by atoms with Gasteiger partial charge in [0.05, 0.1) is 0 Å². The van der Waals surface area contributed by atoms with Crippen LogP contribution in [-0.2, 0) is 22.4 Å². The number of benzene rings is 1. The van der Waals surface area contributed by atoms with Gasteiger partial charge in [0.25, 0.3) is 0 Å². The first-order valence-corrected chi connectivity index (χ1v) is 7.26. The first kappa shape index (κ1) is 14.1. The molecule has 1 fully saturated rings. The SMILES string of the molecule is CCCc1ccc(CCNC(=O)C2CCCO2)cc1. The average Bonchev–Trinajstić information content (AvgIpc) is 2.95. The molecule has 0 spiro atoms. The minimum absolute atomic E-state index is 0.0418. The summed E-state index contributed by atoms with van der Waals surface area (Å²) in [7, 11) is 0. The van der Waals surface area contributed by atoms with E-state index in [1.54, 1.807) is 0 Å². The summed E-state index contributed by atoms with van der Waals surface area (Å²) in [5.74, 6) is 0.0418. The van der Waals surface area contributed by atoms with Gasteiger partial charge < -0.3 is 10.1 Å². The lowest BCUT2D eigenvalue weighted by Gasteiger charge is -2.10. The Hall–Kier alpha value is -1.35. The lowest BCUT2D eigenvalue weighted by atomic mass is 10.1. The van der Waals surface area contributed by atoms with E-state index in [4.69, 9.17) is 4.74 Å². The molecule has 1 heterocycles. The molecule has 1 amide bonds. The lowest BCUT2D eigenvalue weighted by molar-refractivity contribution is -0.129. The molecule has 0 radical (unpaired) electrons. The van der Waals surface area contributed by atoms with Crippen molar-refractivity contribution in [2.75, 3.05) is 13.2 Å². The van der Waals surface area contributed by atoms with Gasteiger partial charge in [0, 0.05) is 13.2 Å². The molecule has 1 unspecified atom stereocenters. The molecule has 3 nitrogen and oxygen atoms in total. The third kappa shape index (κ3) is 4.35. The summed E-state index contributed by atoms with van der Waals surface area (Å²) in [6.45, 7) is 3.59. The van der Waals surface area contributed by atoms with Crippen LogP contribution in [0.2, 0.25) is 0 Å². The van der Waals surface area contributed by atoms with Crippen molar-refractivity contribution in [2.24, 2.45) is 0 Å². The van der Waals surface area contributed by atoms with Gasteiger partial charge in [-0.05, 0) is 36.8 Å². The van der Waals surface area contributed by atoms with E-state index < -0.39 is 0 Å². The maximum absolute atomic E-state index is 11.7. The number of aryl methyl sites for hydroxylation is 1. The van der Waals surface area contributed by atoms with E-state index >= 15 is 0 Å². The molecule has 19 heavy (non-hydrogen) atoms. The van der Waals surface area contributed by atoms with Crippen LogP contribution in [0.15, 0.2) is 24.3 Å². The molecule has 2 rings (SSSR count). The highest BCUT2D eigenvalue weighted by Crippen LogP contribution is 2.12. The Kier molecular flexibility index (Phi) is 5.40. The van der Waals surface area contributed by atoms with Crippen LogP contribution in [0.5, 0.6) is 0 Å². The minimum Gasteiger partial charge on any atom is -0.368 e. The molecule has 0 bridgehead atoms. The first-order chi connectivity index (χ1) is 9.29. The van der Waals surface area contributed by atoms with E-state index in [1.807, 2.05) is 0 Å². The second-order valence-electron chi connectivity index (χ2n) is 5.11.